The zero-order valence-corrected chi connectivity index (χ0v) is 18.1. The van der Waals surface area contributed by atoms with Crippen LogP contribution >= 0.6 is 0 Å². The van der Waals surface area contributed by atoms with Crippen molar-refractivity contribution in [1.29, 1.82) is 0 Å². The molecule has 0 spiro atoms. The van der Waals surface area contributed by atoms with E-state index in [1.807, 2.05) is 30.6 Å². The highest BCUT2D eigenvalue weighted by atomic mass is 16.1. The van der Waals surface area contributed by atoms with Gasteiger partial charge in [-0.2, -0.15) is 0 Å². The lowest BCUT2D eigenvalue weighted by atomic mass is 9.95. The minimum atomic E-state index is -0.00824. The summed E-state index contributed by atoms with van der Waals surface area (Å²) in [7, 11) is 0. The number of aromatic nitrogens is 4. The Bertz CT molecular complexity index is 1060. The lowest BCUT2D eigenvalue weighted by Crippen LogP contribution is -2.25. The Morgan fingerprint density at radius 2 is 1.84 bits per heavy atom. The second-order valence-corrected chi connectivity index (χ2v) is 8.76. The molecular formula is C24H30N6O. The van der Waals surface area contributed by atoms with Crippen molar-refractivity contribution in [3.8, 4) is 11.4 Å². The van der Waals surface area contributed by atoms with Gasteiger partial charge in [-0.3, -0.25) is 4.79 Å². The molecule has 2 heterocycles. The third kappa shape index (κ3) is 4.27. The molecule has 1 aromatic carbocycles. The third-order valence-electron chi connectivity index (χ3n) is 6.25. The predicted molar refractivity (Wildman–Crippen MR) is 122 cm³/mol. The SMILES string of the molecule is CCCNc1nc(-c2ccc(C(=O)NC3CC3)cc2)nc2c1ncn2C1CCCCC1. The molecule has 1 amide bonds. The van der Waals surface area contributed by atoms with Crippen molar-refractivity contribution in [2.75, 3.05) is 11.9 Å². The van der Waals surface area contributed by atoms with E-state index in [0.29, 0.717) is 23.5 Å². The van der Waals surface area contributed by atoms with Gasteiger partial charge in [-0.25, -0.2) is 15.0 Å². The first-order valence-corrected chi connectivity index (χ1v) is 11.6. The molecule has 5 rings (SSSR count). The van der Waals surface area contributed by atoms with Crippen molar-refractivity contribution in [3.63, 3.8) is 0 Å². The summed E-state index contributed by atoms with van der Waals surface area (Å²) in [4.78, 5) is 26.7. The fraction of sp³-hybridized carbons (Fsp3) is 0.500. The molecule has 3 aromatic rings. The van der Waals surface area contributed by atoms with Gasteiger partial charge < -0.3 is 15.2 Å². The first-order valence-electron chi connectivity index (χ1n) is 11.6. The van der Waals surface area contributed by atoms with Crippen LogP contribution in [0, 0.1) is 0 Å². The molecule has 2 aliphatic rings. The topological polar surface area (TPSA) is 84.7 Å². The fourth-order valence-corrected chi connectivity index (χ4v) is 4.31. The molecule has 0 saturated heterocycles. The smallest absolute Gasteiger partial charge is 0.251 e. The number of nitrogens with zero attached hydrogens (tertiary/aromatic N) is 4. The van der Waals surface area contributed by atoms with Crippen molar-refractivity contribution >= 4 is 22.9 Å². The molecular weight excluding hydrogens is 388 g/mol. The Morgan fingerprint density at radius 1 is 1.06 bits per heavy atom. The molecule has 0 bridgehead atoms. The van der Waals surface area contributed by atoms with Crippen LogP contribution < -0.4 is 10.6 Å². The Morgan fingerprint density at radius 3 is 2.55 bits per heavy atom. The van der Waals surface area contributed by atoms with Crippen molar-refractivity contribution in [1.82, 2.24) is 24.8 Å². The summed E-state index contributed by atoms with van der Waals surface area (Å²) >= 11 is 0. The molecule has 0 radical (unpaired) electrons. The van der Waals surface area contributed by atoms with E-state index < -0.39 is 0 Å². The summed E-state index contributed by atoms with van der Waals surface area (Å²) in [6, 6.07) is 8.40. The van der Waals surface area contributed by atoms with Gasteiger partial charge in [-0.05, 0) is 44.2 Å². The third-order valence-corrected chi connectivity index (χ3v) is 6.25. The average Bonchev–Trinajstić information content (AvgIpc) is 3.52. The number of anilines is 1. The number of carbonyl (C=O) groups excluding carboxylic acids is 1. The summed E-state index contributed by atoms with van der Waals surface area (Å²) in [6.45, 7) is 2.97. The van der Waals surface area contributed by atoms with Gasteiger partial charge in [-0.15, -0.1) is 0 Å². The number of hydrogen-bond acceptors (Lipinski definition) is 5. The van der Waals surface area contributed by atoms with Crippen LogP contribution in [0.5, 0.6) is 0 Å². The van der Waals surface area contributed by atoms with Crippen LogP contribution in [0.15, 0.2) is 30.6 Å². The molecule has 0 unspecified atom stereocenters. The van der Waals surface area contributed by atoms with Gasteiger partial charge in [0, 0.05) is 29.8 Å². The fourth-order valence-electron chi connectivity index (χ4n) is 4.31. The van der Waals surface area contributed by atoms with Crippen LogP contribution in [0.25, 0.3) is 22.6 Å². The highest BCUT2D eigenvalue weighted by Crippen LogP contribution is 2.32. The molecule has 162 valence electrons. The minimum absolute atomic E-state index is 0.00824. The highest BCUT2D eigenvalue weighted by Gasteiger charge is 2.24. The van der Waals surface area contributed by atoms with E-state index in [-0.39, 0.29) is 5.91 Å². The Kier molecular flexibility index (Phi) is 5.57. The van der Waals surface area contributed by atoms with Crippen LogP contribution in [0.1, 0.15) is 74.7 Å². The number of fused-ring (bicyclic) bond motifs is 1. The molecule has 7 nitrogen and oxygen atoms in total. The molecule has 2 aromatic heterocycles. The molecule has 0 aliphatic heterocycles. The van der Waals surface area contributed by atoms with Crippen LogP contribution in [0.2, 0.25) is 0 Å². The maximum Gasteiger partial charge on any atom is 0.251 e. The van der Waals surface area contributed by atoms with Gasteiger partial charge in [0.2, 0.25) is 0 Å². The van der Waals surface area contributed by atoms with Gasteiger partial charge in [0.05, 0.1) is 6.33 Å². The summed E-state index contributed by atoms with van der Waals surface area (Å²) in [5.74, 6) is 1.44. The number of rotatable bonds is 7. The first kappa shape index (κ1) is 20.0. The zero-order valence-electron chi connectivity index (χ0n) is 18.1. The molecule has 2 aliphatic carbocycles. The van der Waals surface area contributed by atoms with Gasteiger partial charge >= 0.3 is 0 Å². The van der Waals surface area contributed by atoms with Crippen LogP contribution in [-0.4, -0.2) is 38.0 Å². The Balaban J connectivity index is 1.50. The van der Waals surface area contributed by atoms with Gasteiger partial charge in [0.15, 0.2) is 17.3 Å². The van der Waals surface area contributed by atoms with Gasteiger partial charge in [-0.1, -0.05) is 38.3 Å². The second kappa shape index (κ2) is 8.65. The van der Waals surface area contributed by atoms with Crippen molar-refractivity contribution < 1.29 is 4.79 Å². The Labute approximate surface area is 182 Å². The first-order chi connectivity index (χ1) is 15.2. The number of benzene rings is 1. The van der Waals surface area contributed by atoms with E-state index in [1.54, 1.807) is 0 Å². The lowest BCUT2D eigenvalue weighted by Gasteiger charge is -2.23. The molecule has 2 saturated carbocycles. The van der Waals surface area contributed by atoms with E-state index in [4.69, 9.17) is 9.97 Å². The van der Waals surface area contributed by atoms with E-state index in [1.165, 1.54) is 32.1 Å². The maximum absolute atomic E-state index is 12.3. The lowest BCUT2D eigenvalue weighted by molar-refractivity contribution is 0.0951. The normalized spacial score (nSPS) is 17.1. The number of carbonyl (C=O) groups is 1. The summed E-state index contributed by atoms with van der Waals surface area (Å²) in [5, 5.41) is 6.47. The van der Waals surface area contributed by atoms with Gasteiger partial charge in [0.1, 0.15) is 5.52 Å². The van der Waals surface area contributed by atoms with E-state index in [2.05, 4.69) is 27.1 Å². The number of hydrogen-bond donors (Lipinski definition) is 2. The standard InChI is InChI=1S/C24H30N6O/c1-2-14-25-22-20-23(30(15-26-20)19-6-4-3-5-7-19)29-21(28-22)16-8-10-17(11-9-16)24(31)27-18-12-13-18/h8-11,15,18-19H,2-7,12-14H2,1H3,(H,27,31)(H,25,28,29). The van der Waals surface area contributed by atoms with Crippen molar-refractivity contribution in [3.05, 3.63) is 36.2 Å². The average molecular weight is 419 g/mol. The maximum atomic E-state index is 12.3. The van der Waals surface area contributed by atoms with Crippen molar-refractivity contribution in [2.24, 2.45) is 0 Å². The number of nitrogens with one attached hydrogen (secondary N) is 2. The molecule has 7 heteroatoms. The largest absolute Gasteiger partial charge is 0.368 e. The second-order valence-electron chi connectivity index (χ2n) is 8.76. The molecule has 0 atom stereocenters. The minimum Gasteiger partial charge on any atom is -0.368 e. The molecule has 31 heavy (non-hydrogen) atoms. The predicted octanol–water partition coefficient (Wildman–Crippen LogP) is 4.71. The van der Waals surface area contributed by atoms with Crippen LogP contribution in [0.3, 0.4) is 0 Å². The van der Waals surface area contributed by atoms with Crippen LogP contribution in [-0.2, 0) is 0 Å². The van der Waals surface area contributed by atoms with Crippen molar-refractivity contribution in [2.45, 2.75) is 70.4 Å². The summed E-state index contributed by atoms with van der Waals surface area (Å²) in [5.41, 5.74) is 3.31. The summed E-state index contributed by atoms with van der Waals surface area (Å²) in [6.07, 6.45) is 11.3. The van der Waals surface area contributed by atoms with E-state index >= 15 is 0 Å². The van der Waals surface area contributed by atoms with Crippen LogP contribution in [0.4, 0.5) is 5.82 Å². The van der Waals surface area contributed by atoms with E-state index in [9.17, 15) is 4.79 Å². The molecule has 2 fully saturated rings. The Hall–Kier alpha value is -2.96. The monoisotopic (exact) mass is 418 g/mol. The molecule has 2 N–H and O–H groups in total. The van der Waals surface area contributed by atoms with Gasteiger partial charge in [0.25, 0.3) is 5.91 Å². The number of imidazole rings is 1. The quantitative estimate of drug-likeness (QED) is 0.580. The number of amides is 1. The zero-order chi connectivity index (χ0) is 21.2. The highest BCUT2D eigenvalue weighted by molar-refractivity contribution is 5.95. The summed E-state index contributed by atoms with van der Waals surface area (Å²) < 4.78 is 2.24. The van der Waals surface area contributed by atoms with E-state index in [0.717, 1.165) is 48.4 Å².